The summed E-state index contributed by atoms with van der Waals surface area (Å²) in [6.45, 7) is 6.06. The minimum atomic E-state index is -0.137. The second kappa shape index (κ2) is 8.03. The Kier molecular flexibility index (Phi) is 6.57. The van der Waals surface area contributed by atoms with Gasteiger partial charge in [0.05, 0.1) is 13.2 Å². The molecule has 0 spiro atoms. The normalized spacial score (nSPS) is 15.7. The van der Waals surface area contributed by atoms with Crippen LogP contribution in [0.2, 0.25) is 0 Å². The lowest BCUT2D eigenvalue weighted by molar-refractivity contribution is -0.133. The molecule has 17 heavy (non-hydrogen) atoms. The van der Waals surface area contributed by atoms with E-state index in [1.165, 1.54) is 0 Å². The minimum absolute atomic E-state index is 0.0174. The number of carbonyl (C=O) groups excluding carboxylic acids is 2. The smallest absolute Gasteiger partial charge is 0.242 e. The summed E-state index contributed by atoms with van der Waals surface area (Å²) in [4.78, 5) is 24.8. The van der Waals surface area contributed by atoms with E-state index in [1.807, 2.05) is 6.92 Å². The molecule has 1 saturated heterocycles. The molecule has 1 fully saturated rings. The zero-order valence-electron chi connectivity index (χ0n) is 10.3. The van der Waals surface area contributed by atoms with Crippen LogP contribution in [0.3, 0.4) is 0 Å². The quantitative estimate of drug-likeness (QED) is 0.585. The minimum Gasteiger partial charge on any atom is -0.381 e. The molecule has 0 aromatic heterocycles. The molecule has 1 heterocycles. The number of nitrogens with zero attached hydrogens (tertiary/aromatic N) is 1. The maximum Gasteiger partial charge on any atom is 0.242 e. The average molecular weight is 243 g/mol. The van der Waals surface area contributed by atoms with Gasteiger partial charge in [-0.25, -0.2) is 0 Å². The molecule has 1 aliphatic heterocycles. The van der Waals surface area contributed by atoms with Gasteiger partial charge in [-0.05, 0) is 6.92 Å². The van der Waals surface area contributed by atoms with E-state index in [-0.39, 0.29) is 18.4 Å². The van der Waals surface area contributed by atoms with Crippen molar-refractivity contribution in [2.24, 2.45) is 0 Å². The molecule has 1 aliphatic rings. The third kappa shape index (κ3) is 5.65. The van der Waals surface area contributed by atoms with E-state index in [0.29, 0.717) is 32.7 Å². The molecule has 2 amide bonds. The monoisotopic (exact) mass is 243 g/mol. The van der Waals surface area contributed by atoms with Gasteiger partial charge in [-0.2, -0.15) is 0 Å². The van der Waals surface area contributed by atoms with Crippen molar-refractivity contribution in [1.29, 1.82) is 0 Å². The molecule has 0 aromatic carbocycles. The van der Waals surface area contributed by atoms with E-state index in [9.17, 15) is 9.59 Å². The Labute approximate surface area is 102 Å². The first kappa shape index (κ1) is 13.9. The molecule has 0 unspecified atom stereocenters. The van der Waals surface area contributed by atoms with Gasteiger partial charge in [-0.3, -0.25) is 9.59 Å². The predicted octanol–water partition coefficient (Wildman–Crippen LogP) is -1.04. The molecule has 1 rings (SSSR count). The van der Waals surface area contributed by atoms with Crippen LogP contribution >= 0.6 is 0 Å². The van der Waals surface area contributed by atoms with E-state index in [4.69, 9.17) is 4.74 Å². The number of hydrogen-bond donors (Lipinski definition) is 2. The Morgan fingerprint density at radius 1 is 1.35 bits per heavy atom. The maximum absolute atomic E-state index is 11.7. The number of amides is 2. The van der Waals surface area contributed by atoms with Crippen LogP contribution in [0, 0.1) is 0 Å². The van der Waals surface area contributed by atoms with Crippen molar-refractivity contribution in [3.8, 4) is 0 Å². The summed E-state index contributed by atoms with van der Waals surface area (Å²) in [7, 11) is 0. The van der Waals surface area contributed by atoms with Gasteiger partial charge in [0, 0.05) is 39.2 Å². The van der Waals surface area contributed by atoms with Crippen LogP contribution in [0.25, 0.3) is 0 Å². The number of carbonyl (C=O) groups is 2. The first-order valence-electron chi connectivity index (χ1n) is 6.07. The molecular formula is C11H21N3O3. The van der Waals surface area contributed by atoms with Gasteiger partial charge in [0.1, 0.15) is 0 Å². The summed E-state index contributed by atoms with van der Waals surface area (Å²) in [5.41, 5.74) is 0. The van der Waals surface area contributed by atoms with E-state index in [2.05, 4.69) is 10.6 Å². The molecule has 0 aliphatic carbocycles. The summed E-state index contributed by atoms with van der Waals surface area (Å²) in [6.07, 6.45) is 0.308. The molecule has 0 bridgehead atoms. The molecule has 2 N–H and O–H groups in total. The Balaban J connectivity index is 2.11. The van der Waals surface area contributed by atoms with E-state index in [0.717, 1.165) is 13.1 Å². The molecule has 0 aromatic rings. The first-order valence-corrected chi connectivity index (χ1v) is 6.07. The topological polar surface area (TPSA) is 70.7 Å². The lowest BCUT2D eigenvalue weighted by atomic mass is 10.3. The molecule has 0 radical (unpaired) electrons. The summed E-state index contributed by atoms with van der Waals surface area (Å²) in [5.74, 6) is -0.154. The van der Waals surface area contributed by atoms with Crippen molar-refractivity contribution in [2.45, 2.75) is 13.3 Å². The van der Waals surface area contributed by atoms with Crippen LogP contribution in [0.1, 0.15) is 13.3 Å². The fraction of sp³-hybridized carbons (Fsp3) is 0.818. The third-order valence-electron chi connectivity index (χ3n) is 2.58. The van der Waals surface area contributed by atoms with Gasteiger partial charge in [-0.15, -0.1) is 0 Å². The first-order chi connectivity index (χ1) is 8.24. The number of ether oxygens (including phenoxy) is 1. The summed E-state index contributed by atoms with van der Waals surface area (Å²) in [5, 5.41) is 5.78. The Hall–Kier alpha value is -1.14. The van der Waals surface area contributed by atoms with E-state index in [1.54, 1.807) is 4.90 Å². The zero-order chi connectivity index (χ0) is 12.5. The fourth-order valence-electron chi connectivity index (χ4n) is 1.60. The summed E-state index contributed by atoms with van der Waals surface area (Å²) >= 11 is 0. The maximum atomic E-state index is 11.7. The van der Waals surface area contributed by atoms with Crippen molar-refractivity contribution >= 4 is 11.8 Å². The standard InChI is InChI=1S/C11H21N3O3/c1-2-17-8-3-10(15)13-9-11(16)14-6-4-12-5-7-14/h12H,2-9H2,1H3,(H,13,15). The van der Waals surface area contributed by atoms with Crippen molar-refractivity contribution in [2.75, 3.05) is 45.9 Å². The molecular weight excluding hydrogens is 222 g/mol. The predicted molar refractivity (Wildman–Crippen MR) is 63.6 cm³/mol. The highest BCUT2D eigenvalue weighted by molar-refractivity contribution is 5.84. The van der Waals surface area contributed by atoms with Gasteiger partial charge in [0.25, 0.3) is 0 Å². The van der Waals surface area contributed by atoms with Crippen molar-refractivity contribution in [3.63, 3.8) is 0 Å². The highest BCUT2D eigenvalue weighted by Crippen LogP contribution is 1.92. The number of piperazine rings is 1. The van der Waals surface area contributed by atoms with Crippen LogP contribution in [0.4, 0.5) is 0 Å². The largest absolute Gasteiger partial charge is 0.381 e. The number of rotatable bonds is 6. The van der Waals surface area contributed by atoms with Crippen LogP contribution in [-0.4, -0.2) is 62.7 Å². The van der Waals surface area contributed by atoms with Gasteiger partial charge in [-0.1, -0.05) is 0 Å². The van der Waals surface area contributed by atoms with Gasteiger partial charge in [0.15, 0.2) is 0 Å². The Morgan fingerprint density at radius 2 is 2.06 bits per heavy atom. The lowest BCUT2D eigenvalue weighted by Gasteiger charge is -2.27. The SMILES string of the molecule is CCOCCC(=O)NCC(=O)N1CCNCC1. The second-order valence-electron chi connectivity index (χ2n) is 3.85. The fourth-order valence-corrected chi connectivity index (χ4v) is 1.60. The molecule has 6 nitrogen and oxygen atoms in total. The summed E-state index contributed by atoms with van der Waals surface area (Å²) in [6, 6.07) is 0. The number of hydrogen-bond acceptors (Lipinski definition) is 4. The summed E-state index contributed by atoms with van der Waals surface area (Å²) < 4.78 is 5.06. The molecule has 98 valence electrons. The van der Waals surface area contributed by atoms with Crippen molar-refractivity contribution in [3.05, 3.63) is 0 Å². The van der Waals surface area contributed by atoms with Crippen LogP contribution in [0.15, 0.2) is 0 Å². The highest BCUT2D eigenvalue weighted by atomic mass is 16.5. The van der Waals surface area contributed by atoms with Crippen molar-refractivity contribution < 1.29 is 14.3 Å². The van der Waals surface area contributed by atoms with E-state index < -0.39 is 0 Å². The van der Waals surface area contributed by atoms with Gasteiger partial charge < -0.3 is 20.3 Å². The Morgan fingerprint density at radius 3 is 2.71 bits per heavy atom. The molecule has 0 atom stereocenters. The number of nitrogens with one attached hydrogen (secondary N) is 2. The van der Waals surface area contributed by atoms with Gasteiger partial charge >= 0.3 is 0 Å². The van der Waals surface area contributed by atoms with Crippen LogP contribution in [0.5, 0.6) is 0 Å². The molecule has 0 saturated carbocycles. The lowest BCUT2D eigenvalue weighted by Crippen LogP contribution is -2.49. The highest BCUT2D eigenvalue weighted by Gasteiger charge is 2.16. The third-order valence-corrected chi connectivity index (χ3v) is 2.58. The van der Waals surface area contributed by atoms with Gasteiger partial charge in [0.2, 0.25) is 11.8 Å². The van der Waals surface area contributed by atoms with Crippen molar-refractivity contribution in [1.82, 2.24) is 15.5 Å². The second-order valence-corrected chi connectivity index (χ2v) is 3.85. The molecule has 6 heteroatoms. The van der Waals surface area contributed by atoms with Crippen LogP contribution < -0.4 is 10.6 Å². The van der Waals surface area contributed by atoms with E-state index >= 15 is 0 Å². The zero-order valence-corrected chi connectivity index (χ0v) is 10.3. The average Bonchev–Trinajstić information content (AvgIpc) is 2.37. The van der Waals surface area contributed by atoms with Crippen LogP contribution in [-0.2, 0) is 14.3 Å². The Bertz CT molecular complexity index is 252.